The van der Waals surface area contributed by atoms with Crippen LogP contribution in [0.2, 0.25) is 0 Å². The van der Waals surface area contributed by atoms with E-state index in [9.17, 15) is 9.18 Å². The monoisotopic (exact) mass is 266 g/mol. The fraction of sp³-hybridized carbons (Fsp3) is 0.917. The van der Waals surface area contributed by atoms with Crippen LogP contribution in [0.1, 0.15) is 27.7 Å². The van der Waals surface area contributed by atoms with Crippen molar-refractivity contribution in [3.8, 4) is 0 Å². The molecule has 1 atom stereocenters. The number of hydrogen-bond donors (Lipinski definition) is 0. The maximum absolute atomic E-state index is 15.1. The lowest BCUT2D eigenvalue weighted by molar-refractivity contribution is -0.208. The van der Waals surface area contributed by atoms with E-state index in [-0.39, 0.29) is 0 Å². The molecule has 0 rings (SSSR count). The van der Waals surface area contributed by atoms with Crippen LogP contribution in [0, 0.1) is 0 Å². The van der Waals surface area contributed by atoms with E-state index in [4.69, 9.17) is 0 Å². The number of rotatable bonds is 8. The van der Waals surface area contributed by atoms with Gasteiger partial charge in [-0.1, -0.05) is 27.7 Å². The predicted molar refractivity (Wildman–Crippen MR) is 66.6 cm³/mol. The van der Waals surface area contributed by atoms with Gasteiger partial charge in [-0.25, -0.2) is 13.6 Å². The summed E-state index contributed by atoms with van der Waals surface area (Å²) in [7, 11) is 1.06. The molecule has 0 N–H and O–H groups in total. The SMILES string of the molecule is CCN(CC)C(F)(C(F)C(=O)OC)N(CC)CC. The topological polar surface area (TPSA) is 32.8 Å². The van der Waals surface area contributed by atoms with Gasteiger partial charge in [0.2, 0.25) is 0 Å². The molecule has 18 heavy (non-hydrogen) atoms. The van der Waals surface area contributed by atoms with Crippen molar-refractivity contribution in [1.29, 1.82) is 0 Å². The van der Waals surface area contributed by atoms with Gasteiger partial charge in [0.25, 0.3) is 12.1 Å². The molecule has 0 saturated carbocycles. The highest BCUT2D eigenvalue weighted by Gasteiger charge is 2.52. The summed E-state index contributed by atoms with van der Waals surface area (Å²) in [5.41, 5.74) is 0. The van der Waals surface area contributed by atoms with Crippen LogP contribution in [-0.4, -0.2) is 61.1 Å². The average molecular weight is 266 g/mol. The van der Waals surface area contributed by atoms with Crippen molar-refractivity contribution in [1.82, 2.24) is 9.80 Å². The number of nitrogens with zero attached hydrogens (tertiary/aromatic N) is 2. The van der Waals surface area contributed by atoms with E-state index in [2.05, 4.69) is 4.74 Å². The average Bonchev–Trinajstić information content (AvgIpc) is 2.39. The molecule has 0 spiro atoms. The van der Waals surface area contributed by atoms with Crippen molar-refractivity contribution in [3.05, 3.63) is 0 Å². The van der Waals surface area contributed by atoms with Crippen LogP contribution in [0.5, 0.6) is 0 Å². The third-order valence-corrected chi connectivity index (χ3v) is 3.14. The van der Waals surface area contributed by atoms with Gasteiger partial charge in [-0.05, 0) is 26.2 Å². The molecule has 0 bridgehead atoms. The van der Waals surface area contributed by atoms with Gasteiger partial charge in [0, 0.05) is 0 Å². The Kier molecular flexibility index (Phi) is 7.32. The second-order valence-electron chi connectivity index (χ2n) is 3.87. The van der Waals surface area contributed by atoms with Gasteiger partial charge in [-0.15, -0.1) is 0 Å². The zero-order valence-corrected chi connectivity index (χ0v) is 11.9. The molecule has 0 aliphatic carbocycles. The maximum atomic E-state index is 15.1. The van der Waals surface area contributed by atoms with Crippen LogP contribution in [0.4, 0.5) is 8.78 Å². The number of esters is 1. The molecule has 0 aliphatic rings. The molecule has 1 unspecified atom stereocenters. The van der Waals surface area contributed by atoms with Crippen molar-refractivity contribution >= 4 is 5.97 Å². The molecule has 0 aromatic heterocycles. The van der Waals surface area contributed by atoms with Gasteiger partial charge in [-0.3, -0.25) is 9.80 Å². The minimum Gasteiger partial charge on any atom is -0.467 e. The molecule has 4 nitrogen and oxygen atoms in total. The van der Waals surface area contributed by atoms with Crippen molar-refractivity contribution in [2.24, 2.45) is 0 Å². The van der Waals surface area contributed by atoms with Gasteiger partial charge in [0.05, 0.1) is 7.11 Å². The first-order valence-corrected chi connectivity index (χ1v) is 6.34. The van der Waals surface area contributed by atoms with Gasteiger partial charge < -0.3 is 4.74 Å². The number of ether oxygens (including phenoxy) is 1. The van der Waals surface area contributed by atoms with Crippen LogP contribution in [0.15, 0.2) is 0 Å². The Hall–Kier alpha value is -0.750. The van der Waals surface area contributed by atoms with E-state index in [1.54, 1.807) is 27.7 Å². The first-order chi connectivity index (χ1) is 8.43. The van der Waals surface area contributed by atoms with E-state index in [0.29, 0.717) is 26.2 Å². The van der Waals surface area contributed by atoms with E-state index in [1.165, 1.54) is 9.80 Å². The van der Waals surface area contributed by atoms with Gasteiger partial charge >= 0.3 is 5.97 Å². The summed E-state index contributed by atoms with van der Waals surface area (Å²) in [5.74, 6) is -3.64. The Balaban J connectivity index is 5.44. The molecular weight excluding hydrogens is 242 g/mol. The third-order valence-electron chi connectivity index (χ3n) is 3.14. The molecule has 6 heteroatoms. The molecule has 0 saturated heterocycles. The van der Waals surface area contributed by atoms with Crippen molar-refractivity contribution in [2.45, 2.75) is 39.8 Å². The number of halogens is 2. The van der Waals surface area contributed by atoms with Crippen LogP contribution >= 0.6 is 0 Å². The lowest BCUT2D eigenvalue weighted by Gasteiger charge is -2.44. The molecule has 0 aliphatic heterocycles. The van der Waals surface area contributed by atoms with E-state index < -0.39 is 18.1 Å². The number of hydrogen-bond acceptors (Lipinski definition) is 4. The summed E-state index contributed by atoms with van der Waals surface area (Å²) >= 11 is 0. The molecule has 0 fully saturated rings. The fourth-order valence-corrected chi connectivity index (χ4v) is 2.11. The zero-order valence-electron chi connectivity index (χ0n) is 11.9. The number of carbonyl (C=O) groups excluding carboxylic acids is 1. The normalized spacial score (nSPS) is 14.1. The zero-order chi connectivity index (χ0) is 14.3. The Labute approximate surface area is 108 Å². The quantitative estimate of drug-likeness (QED) is 0.381. The van der Waals surface area contributed by atoms with E-state index in [0.717, 1.165) is 7.11 Å². The van der Waals surface area contributed by atoms with Crippen molar-refractivity contribution in [3.63, 3.8) is 0 Å². The Morgan fingerprint density at radius 2 is 1.44 bits per heavy atom. The Morgan fingerprint density at radius 3 is 1.67 bits per heavy atom. The van der Waals surface area contributed by atoms with Crippen molar-refractivity contribution < 1.29 is 18.3 Å². The largest absolute Gasteiger partial charge is 0.467 e. The van der Waals surface area contributed by atoms with Crippen molar-refractivity contribution in [2.75, 3.05) is 33.3 Å². The molecule has 0 aromatic rings. The van der Waals surface area contributed by atoms with Gasteiger partial charge in [0.1, 0.15) is 0 Å². The molecule has 0 aromatic carbocycles. The summed E-state index contributed by atoms with van der Waals surface area (Å²) in [5, 5.41) is 0. The minimum atomic E-state index is -2.46. The lowest BCUT2D eigenvalue weighted by atomic mass is 10.2. The maximum Gasteiger partial charge on any atom is 0.346 e. The second-order valence-corrected chi connectivity index (χ2v) is 3.87. The molecular formula is C12H24F2N2O2. The fourth-order valence-electron chi connectivity index (χ4n) is 2.11. The summed E-state index contributed by atoms with van der Waals surface area (Å²) < 4.78 is 33.6. The first-order valence-electron chi connectivity index (χ1n) is 6.34. The number of alkyl halides is 2. The highest BCUT2D eigenvalue weighted by atomic mass is 19.2. The molecule has 0 heterocycles. The van der Waals surface area contributed by atoms with Crippen LogP contribution in [-0.2, 0) is 9.53 Å². The molecule has 0 amide bonds. The summed E-state index contributed by atoms with van der Waals surface area (Å²) in [6, 6.07) is 0. The summed E-state index contributed by atoms with van der Waals surface area (Å²) in [6.07, 6.45) is -2.35. The van der Waals surface area contributed by atoms with Gasteiger partial charge in [-0.2, -0.15) is 0 Å². The summed E-state index contributed by atoms with van der Waals surface area (Å²) in [6.45, 7) is 8.14. The minimum absolute atomic E-state index is 0.306. The first kappa shape index (κ1) is 17.2. The second kappa shape index (κ2) is 7.63. The Morgan fingerprint density at radius 1 is 1.11 bits per heavy atom. The lowest BCUT2D eigenvalue weighted by Crippen LogP contribution is -2.65. The van der Waals surface area contributed by atoms with E-state index >= 15 is 4.39 Å². The van der Waals surface area contributed by atoms with Gasteiger partial charge in [0.15, 0.2) is 0 Å². The number of carbonyl (C=O) groups is 1. The molecule has 108 valence electrons. The van der Waals surface area contributed by atoms with E-state index in [1.807, 2.05) is 0 Å². The molecule has 0 radical (unpaired) electrons. The predicted octanol–water partition coefficient (Wildman–Crippen LogP) is 1.80. The third kappa shape index (κ3) is 3.17. The number of methoxy groups -OCH3 is 1. The van der Waals surface area contributed by atoms with Crippen LogP contribution < -0.4 is 0 Å². The Bertz CT molecular complexity index is 244. The van der Waals surface area contributed by atoms with Crippen LogP contribution in [0.3, 0.4) is 0 Å². The van der Waals surface area contributed by atoms with Crippen LogP contribution in [0.25, 0.3) is 0 Å². The summed E-state index contributed by atoms with van der Waals surface area (Å²) in [4.78, 5) is 13.9. The highest BCUT2D eigenvalue weighted by Crippen LogP contribution is 2.29. The highest BCUT2D eigenvalue weighted by molar-refractivity contribution is 5.75. The standard InChI is InChI=1S/C12H24F2N2O2/c1-6-15(7-2)12(14,16(8-3)9-4)10(13)11(17)18-5/h10H,6-9H2,1-5H3. The smallest absolute Gasteiger partial charge is 0.346 e.